The second-order valence-electron chi connectivity index (χ2n) is 3.35. The van der Waals surface area contributed by atoms with Crippen LogP contribution in [0.25, 0.3) is 0 Å². The molecule has 0 radical (unpaired) electrons. The van der Waals surface area contributed by atoms with Crippen molar-refractivity contribution in [2.24, 2.45) is 0 Å². The van der Waals surface area contributed by atoms with Crippen molar-refractivity contribution in [1.82, 2.24) is 0 Å². The highest BCUT2D eigenvalue weighted by molar-refractivity contribution is 8.00. The summed E-state index contributed by atoms with van der Waals surface area (Å²) < 4.78 is 10.6. The van der Waals surface area contributed by atoms with Gasteiger partial charge >= 0.3 is 5.97 Å². The maximum Gasteiger partial charge on any atom is 0.322 e. The Morgan fingerprint density at radius 3 is 3.14 bits per heavy atom. The monoisotopic (exact) mass is 238 g/mol. The van der Waals surface area contributed by atoms with Crippen LogP contribution < -0.4 is 0 Å². The molecule has 0 aromatic carbocycles. The van der Waals surface area contributed by atoms with E-state index in [9.17, 15) is 4.79 Å². The largest absolute Gasteiger partial charge is 0.445 e. The maximum absolute atomic E-state index is 11.1. The first-order valence-corrected chi connectivity index (χ1v) is 6.18. The Hall–Kier alpha value is 0.0700. The summed E-state index contributed by atoms with van der Waals surface area (Å²) in [6, 6.07) is 0. The van der Waals surface area contributed by atoms with Crippen LogP contribution in [0.4, 0.5) is 0 Å². The fourth-order valence-corrected chi connectivity index (χ4v) is 2.37. The number of ether oxygens (including phenoxy) is 2. The van der Waals surface area contributed by atoms with Crippen molar-refractivity contribution in [3.05, 3.63) is 0 Å². The molecule has 1 saturated heterocycles. The lowest BCUT2D eigenvalue weighted by atomic mass is 10.3. The first-order valence-electron chi connectivity index (χ1n) is 4.66. The molecule has 1 aliphatic rings. The highest BCUT2D eigenvalue weighted by atomic mass is 35.5. The number of hydrogen-bond acceptors (Lipinski definition) is 4. The predicted octanol–water partition coefficient (Wildman–Crippen LogP) is 2.03. The molecule has 1 aliphatic heterocycles. The molecule has 1 unspecified atom stereocenters. The van der Waals surface area contributed by atoms with Crippen molar-refractivity contribution < 1.29 is 14.3 Å². The molecule has 0 saturated carbocycles. The summed E-state index contributed by atoms with van der Waals surface area (Å²) in [5, 5.41) is 0. The minimum atomic E-state index is -0.563. The number of esters is 1. The molecular formula is C9H15ClO3S. The molecular weight excluding hydrogens is 224 g/mol. The standard InChI is InChI=1S/C9H15ClO3S/c1-9(13-8(11)6-10)7-12-4-2-3-5-14-9/h2-7H2,1H3. The van der Waals surface area contributed by atoms with Gasteiger partial charge in [-0.1, -0.05) is 0 Å². The number of carbonyl (C=O) groups is 1. The summed E-state index contributed by atoms with van der Waals surface area (Å²) in [7, 11) is 0. The van der Waals surface area contributed by atoms with Crippen LogP contribution in [0.1, 0.15) is 19.8 Å². The first kappa shape index (κ1) is 12.1. The first-order chi connectivity index (χ1) is 6.66. The van der Waals surface area contributed by atoms with E-state index in [4.69, 9.17) is 21.1 Å². The van der Waals surface area contributed by atoms with Crippen LogP contribution >= 0.6 is 23.4 Å². The SMILES string of the molecule is CC1(OC(=O)CCl)COCCCCS1. The topological polar surface area (TPSA) is 35.5 Å². The van der Waals surface area contributed by atoms with Crippen LogP contribution in [0, 0.1) is 0 Å². The molecule has 0 N–H and O–H groups in total. The van der Waals surface area contributed by atoms with E-state index < -0.39 is 4.93 Å². The molecule has 5 heteroatoms. The zero-order chi connectivity index (χ0) is 10.4. The third kappa shape index (κ3) is 4.07. The summed E-state index contributed by atoms with van der Waals surface area (Å²) in [5.41, 5.74) is 0. The van der Waals surface area contributed by atoms with Gasteiger partial charge in [0, 0.05) is 6.61 Å². The minimum absolute atomic E-state index is 0.101. The molecule has 1 heterocycles. The summed E-state index contributed by atoms with van der Waals surface area (Å²) in [5.74, 6) is 0.511. The number of hydrogen-bond donors (Lipinski definition) is 0. The van der Waals surface area contributed by atoms with E-state index in [1.54, 1.807) is 11.8 Å². The van der Waals surface area contributed by atoms with Gasteiger partial charge in [-0.05, 0) is 25.5 Å². The second-order valence-corrected chi connectivity index (χ2v) is 5.18. The summed E-state index contributed by atoms with van der Waals surface area (Å²) in [4.78, 5) is 10.5. The van der Waals surface area contributed by atoms with E-state index in [2.05, 4.69) is 0 Å². The van der Waals surface area contributed by atoms with Crippen LogP contribution in [-0.2, 0) is 14.3 Å². The zero-order valence-corrected chi connectivity index (χ0v) is 9.83. The molecule has 82 valence electrons. The van der Waals surface area contributed by atoms with Crippen LogP contribution in [0.3, 0.4) is 0 Å². The normalized spacial score (nSPS) is 29.0. The third-order valence-corrected chi connectivity index (χ3v) is 3.42. The lowest BCUT2D eigenvalue weighted by Gasteiger charge is -2.30. The van der Waals surface area contributed by atoms with Gasteiger partial charge in [-0.15, -0.1) is 23.4 Å². The Bertz CT molecular complexity index is 190. The molecule has 1 atom stereocenters. The highest BCUT2D eigenvalue weighted by Gasteiger charge is 2.30. The fraction of sp³-hybridized carbons (Fsp3) is 0.889. The van der Waals surface area contributed by atoms with Gasteiger partial charge in [0.2, 0.25) is 0 Å². The number of rotatable bonds is 2. The van der Waals surface area contributed by atoms with Crippen molar-refractivity contribution in [1.29, 1.82) is 0 Å². The number of alkyl halides is 1. The van der Waals surface area contributed by atoms with E-state index in [1.165, 1.54) is 0 Å². The van der Waals surface area contributed by atoms with Gasteiger partial charge in [0.05, 0.1) is 6.61 Å². The van der Waals surface area contributed by atoms with Gasteiger partial charge in [-0.25, -0.2) is 0 Å². The van der Waals surface area contributed by atoms with E-state index in [0.29, 0.717) is 6.61 Å². The third-order valence-electron chi connectivity index (χ3n) is 1.89. The lowest BCUT2D eigenvalue weighted by molar-refractivity contribution is -0.151. The Labute approximate surface area is 93.5 Å². The summed E-state index contributed by atoms with van der Waals surface area (Å²) >= 11 is 7.00. The lowest BCUT2D eigenvalue weighted by Crippen LogP contribution is -2.35. The molecule has 0 spiro atoms. The average molecular weight is 239 g/mol. The minimum Gasteiger partial charge on any atom is -0.445 e. The molecule has 0 aromatic heterocycles. The predicted molar refractivity (Wildman–Crippen MR) is 57.7 cm³/mol. The Balaban J connectivity index is 2.46. The highest BCUT2D eigenvalue weighted by Crippen LogP contribution is 2.29. The molecule has 0 aromatic rings. The molecule has 1 fully saturated rings. The van der Waals surface area contributed by atoms with E-state index in [0.717, 1.165) is 25.2 Å². The van der Waals surface area contributed by atoms with E-state index in [1.807, 2.05) is 6.92 Å². The van der Waals surface area contributed by atoms with Crippen molar-refractivity contribution >= 4 is 29.3 Å². The zero-order valence-electron chi connectivity index (χ0n) is 8.25. The number of halogens is 1. The molecule has 0 amide bonds. The van der Waals surface area contributed by atoms with Crippen LogP contribution in [0.15, 0.2) is 0 Å². The van der Waals surface area contributed by atoms with E-state index >= 15 is 0 Å². The number of carbonyl (C=O) groups excluding carboxylic acids is 1. The van der Waals surface area contributed by atoms with Crippen molar-refractivity contribution in [3.63, 3.8) is 0 Å². The smallest absolute Gasteiger partial charge is 0.322 e. The summed E-state index contributed by atoms with van der Waals surface area (Å²) in [6.07, 6.45) is 2.17. The van der Waals surface area contributed by atoms with E-state index in [-0.39, 0.29) is 11.8 Å². The maximum atomic E-state index is 11.1. The fourth-order valence-electron chi connectivity index (χ4n) is 1.22. The van der Waals surface area contributed by atoms with Gasteiger partial charge in [-0.2, -0.15) is 0 Å². The van der Waals surface area contributed by atoms with Crippen LogP contribution in [0.5, 0.6) is 0 Å². The van der Waals surface area contributed by atoms with Crippen LogP contribution in [0.2, 0.25) is 0 Å². The summed E-state index contributed by atoms with van der Waals surface area (Å²) in [6.45, 7) is 3.06. The van der Waals surface area contributed by atoms with Gasteiger partial charge in [0.15, 0.2) is 4.93 Å². The Morgan fingerprint density at radius 1 is 1.64 bits per heavy atom. The molecule has 1 rings (SSSR count). The van der Waals surface area contributed by atoms with Crippen molar-refractivity contribution in [3.8, 4) is 0 Å². The van der Waals surface area contributed by atoms with Gasteiger partial charge in [0.25, 0.3) is 0 Å². The molecule has 0 aliphatic carbocycles. The molecule has 0 bridgehead atoms. The number of thioether (sulfide) groups is 1. The second kappa shape index (κ2) is 5.83. The van der Waals surface area contributed by atoms with Gasteiger partial charge in [0.1, 0.15) is 5.88 Å². The quantitative estimate of drug-likeness (QED) is 0.545. The van der Waals surface area contributed by atoms with Crippen molar-refractivity contribution in [2.75, 3.05) is 24.8 Å². The van der Waals surface area contributed by atoms with Gasteiger partial charge < -0.3 is 9.47 Å². The molecule has 3 nitrogen and oxygen atoms in total. The average Bonchev–Trinajstić information content (AvgIpc) is 2.12. The van der Waals surface area contributed by atoms with Crippen LogP contribution in [-0.4, -0.2) is 35.7 Å². The Morgan fingerprint density at radius 2 is 2.43 bits per heavy atom. The van der Waals surface area contributed by atoms with Crippen molar-refractivity contribution in [2.45, 2.75) is 24.7 Å². The molecule has 14 heavy (non-hydrogen) atoms. The Kier molecular flexibility index (Phi) is 5.06. The van der Waals surface area contributed by atoms with Gasteiger partial charge in [-0.3, -0.25) is 4.79 Å².